The van der Waals surface area contributed by atoms with E-state index in [1.807, 2.05) is 25.1 Å². The number of hydrogen-bond acceptors (Lipinski definition) is 5. The van der Waals surface area contributed by atoms with Crippen LogP contribution in [0.2, 0.25) is 0 Å². The molecule has 1 amide bonds. The lowest BCUT2D eigenvalue weighted by atomic mass is 10.2. The van der Waals surface area contributed by atoms with Crippen molar-refractivity contribution in [2.75, 3.05) is 20.6 Å². The van der Waals surface area contributed by atoms with Gasteiger partial charge < -0.3 is 14.2 Å². The van der Waals surface area contributed by atoms with E-state index in [0.717, 1.165) is 5.76 Å². The lowest BCUT2D eigenvalue weighted by molar-refractivity contribution is 0.0912. The largest absolute Gasteiger partial charge is 0.468 e. The lowest BCUT2D eigenvalue weighted by Crippen LogP contribution is -2.34. The lowest BCUT2D eigenvalue weighted by Gasteiger charge is -2.22. The van der Waals surface area contributed by atoms with Crippen molar-refractivity contribution in [1.29, 1.82) is 0 Å². The van der Waals surface area contributed by atoms with Gasteiger partial charge in [0.2, 0.25) is 0 Å². The number of para-hydroxylation sites is 1. The number of hydrogen-bond donors (Lipinski definition) is 1. The summed E-state index contributed by atoms with van der Waals surface area (Å²) in [6, 6.07) is 11.6. The Labute approximate surface area is 138 Å². The van der Waals surface area contributed by atoms with Crippen LogP contribution in [0.1, 0.15) is 22.4 Å². The topological polar surface area (TPSA) is 75.7 Å². The maximum absolute atomic E-state index is 12.3. The predicted molar refractivity (Wildman–Crippen MR) is 90.0 cm³/mol. The minimum atomic E-state index is -0.434. The fraction of sp³-hybridized carbons (Fsp3) is 0.222. The third kappa shape index (κ3) is 3.23. The molecule has 0 spiro atoms. The van der Waals surface area contributed by atoms with Gasteiger partial charge >= 0.3 is 0 Å². The van der Waals surface area contributed by atoms with Gasteiger partial charge in [0.05, 0.1) is 17.7 Å². The van der Waals surface area contributed by atoms with E-state index in [9.17, 15) is 9.59 Å². The summed E-state index contributed by atoms with van der Waals surface area (Å²) in [5.74, 6) is 0.312. The fourth-order valence-electron chi connectivity index (χ4n) is 2.51. The van der Waals surface area contributed by atoms with E-state index in [0.29, 0.717) is 17.5 Å². The summed E-state index contributed by atoms with van der Waals surface area (Å²) in [7, 11) is 3.80. The maximum Gasteiger partial charge on any atom is 0.287 e. The number of rotatable bonds is 5. The molecule has 6 heteroatoms. The molecule has 0 aliphatic heterocycles. The van der Waals surface area contributed by atoms with Crippen molar-refractivity contribution >= 4 is 16.9 Å². The Morgan fingerprint density at radius 3 is 2.71 bits per heavy atom. The van der Waals surface area contributed by atoms with Gasteiger partial charge in [0, 0.05) is 12.6 Å². The fourth-order valence-corrected chi connectivity index (χ4v) is 2.51. The van der Waals surface area contributed by atoms with E-state index < -0.39 is 5.91 Å². The molecule has 24 heavy (non-hydrogen) atoms. The smallest absolute Gasteiger partial charge is 0.287 e. The molecule has 3 rings (SSSR count). The van der Waals surface area contributed by atoms with Gasteiger partial charge in [0.15, 0.2) is 11.2 Å². The second-order valence-electron chi connectivity index (χ2n) is 5.68. The Morgan fingerprint density at radius 1 is 1.21 bits per heavy atom. The number of furan rings is 1. The third-order valence-corrected chi connectivity index (χ3v) is 3.81. The molecule has 0 radical (unpaired) electrons. The molecule has 124 valence electrons. The predicted octanol–water partition coefficient (Wildman–Crippen LogP) is 2.42. The molecule has 0 bridgehead atoms. The van der Waals surface area contributed by atoms with Crippen molar-refractivity contribution in [3.63, 3.8) is 0 Å². The highest BCUT2D eigenvalue weighted by Gasteiger charge is 2.19. The Morgan fingerprint density at radius 2 is 2.00 bits per heavy atom. The minimum Gasteiger partial charge on any atom is -0.468 e. The quantitative estimate of drug-likeness (QED) is 0.779. The zero-order chi connectivity index (χ0) is 17.1. The minimum absolute atomic E-state index is 0.00403. The number of benzene rings is 1. The number of carbonyl (C=O) groups excluding carboxylic acids is 1. The molecule has 0 aliphatic carbocycles. The molecule has 0 aliphatic rings. The van der Waals surface area contributed by atoms with Crippen LogP contribution >= 0.6 is 0 Å². The summed E-state index contributed by atoms with van der Waals surface area (Å²) in [6.07, 6.45) is 1.59. The van der Waals surface area contributed by atoms with Gasteiger partial charge in [-0.2, -0.15) is 0 Å². The van der Waals surface area contributed by atoms with Gasteiger partial charge in [-0.05, 0) is 38.4 Å². The molecule has 2 heterocycles. The second kappa shape index (κ2) is 6.72. The van der Waals surface area contributed by atoms with Crippen LogP contribution < -0.4 is 10.7 Å². The van der Waals surface area contributed by atoms with Crippen molar-refractivity contribution in [2.24, 2.45) is 0 Å². The van der Waals surface area contributed by atoms with E-state index in [4.69, 9.17) is 8.83 Å². The molecule has 6 nitrogen and oxygen atoms in total. The van der Waals surface area contributed by atoms with E-state index >= 15 is 0 Å². The van der Waals surface area contributed by atoms with Crippen molar-refractivity contribution in [3.05, 3.63) is 70.5 Å². The molecule has 3 aromatic rings. The normalized spacial score (nSPS) is 12.5. The molecule has 1 aromatic carbocycles. The SMILES string of the molecule is CN(C)[C@H](CNC(=O)c1cc(=O)c2ccccc2o1)c1ccco1. The molecule has 1 atom stereocenters. The molecular weight excluding hydrogens is 308 g/mol. The first-order valence-electron chi connectivity index (χ1n) is 7.57. The zero-order valence-corrected chi connectivity index (χ0v) is 13.5. The van der Waals surface area contributed by atoms with Crippen molar-refractivity contribution in [3.8, 4) is 0 Å². The Kier molecular flexibility index (Phi) is 4.48. The van der Waals surface area contributed by atoms with Gasteiger partial charge in [-0.1, -0.05) is 12.1 Å². The first kappa shape index (κ1) is 16.0. The highest BCUT2D eigenvalue weighted by Crippen LogP contribution is 2.18. The summed E-state index contributed by atoms with van der Waals surface area (Å²) in [4.78, 5) is 26.4. The highest BCUT2D eigenvalue weighted by atomic mass is 16.3. The van der Waals surface area contributed by atoms with Crippen LogP contribution in [0.25, 0.3) is 11.0 Å². The summed E-state index contributed by atoms with van der Waals surface area (Å²) >= 11 is 0. The van der Waals surface area contributed by atoms with E-state index in [1.165, 1.54) is 6.07 Å². The molecule has 0 saturated heterocycles. The van der Waals surface area contributed by atoms with Gasteiger partial charge in [-0.15, -0.1) is 0 Å². The van der Waals surface area contributed by atoms with Crippen LogP contribution in [0.15, 0.2) is 62.4 Å². The molecule has 2 aromatic heterocycles. The third-order valence-electron chi connectivity index (χ3n) is 3.81. The van der Waals surface area contributed by atoms with Crippen LogP contribution in [0.5, 0.6) is 0 Å². The second-order valence-corrected chi connectivity index (χ2v) is 5.68. The number of nitrogens with one attached hydrogen (secondary N) is 1. The molecule has 0 fully saturated rings. The van der Waals surface area contributed by atoms with Crippen LogP contribution in [-0.4, -0.2) is 31.4 Å². The zero-order valence-electron chi connectivity index (χ0n) is 13.5. The first-order chi connectivity index (χ1) is 11.6. The maximum atomic E-state index is 12.3. The van der Waals surface area contributed by atoms with Crippen LogP contribution in [0.3, 0.4) is 0 Å². The molecule has 0 unspecified atom stereocenters. The van der Waals surface area contributed by atoms with E-state index in [2.05, 4.69) is 5.32 Å². The highest BCUT2D eigenvalue weighted by molar-refractivity contribution is 5.93. The number of carbonyl (C=O) groups is 1. The summed E-state index contributed by atoms with van der Waals surface area (Å²) in [5.41, 5.74) is 0.155. The van der Waals surface area contributed by atoms with Crippen LogP contribution in [-0.2, 0) is 0 Å². The Hall–Kier alpha value is -2.86. The number of amides is 1. The van der Waals surface area contributed by atoms with Gasteiger partial charge in [0.1, 0.15) is 11.3 Å². The van der Waals surface area contributed by atoms with E-state index in [-0.39, 0.29) is 17.2 Å². The summed E-state index contributed by atoms with van der Waals surface area (Å²) in [5, 5.41) is 3.24. The van der Waals surface area contributed by atoms with Crippen LogP contribution in [0, 0.1) is 0 Å². The molecule has 1 N–H and O–H groups in total. The summed E-state index contributed by atoms with van der Waals surface area (Å²) < 4.78 is 10.9. The van der Waals surface area contributed by atoms with Gasteiger partial charge in [-0.3, -0.25) is 14.5 Å². The Balaban J connectivity index is 1.79. The monoisotopic (exact) mass is 326 g/mol. The molecular formula is C18H18N2O4. The number of fused-ring (bicyclic) bond motifs is 1. The van der Waals surface area contributed by atoms with Crippen LogP contribution in [0.4, 0.5) is 0 Å². The van der Waals surface area contributed by atoms with Crippen molar-refractivity contribution < 1.29 is 13.6 Å². The molecule has 0 saturated carbocycles. The van der Waals surface area contributed by atoms with Gasteiger partial charge in [-0.25, -0.2) is 0 Å². The standard InChI is InChI=1S/C18H18N2O4/c1-20(2)13(16-8-5-9-23-16)11-19-18(22)17-10-14(21)12-6-3-4-7-15(12)24-17/h3-10,13H,11H2,1-2H3,(H,19,22)/t13-/m1/s1. The number of nitrogens with zero attached hydrogens (tertiary/aromatic N) is 1. The summed E-state index contributed by atoms with van der Waals surface area (Å²) in [6.45, 7) is 0.329. The average Bonchev–Trinajstić information content (AvgIpc) is 3.08. The van der Waals surface area contributed by atoms with E-state index in [1.54, 1.807) is 36.6 Å². The Bertz CT molecular complexity index is 897. The number of likely N-dealkylation sites (N-methyl/N-ethyl adjacent to an activating group) is 1. The first-order valence-corrected chi connectivity index (χ1v) is 7.57. The van der Waals surface area contributed by atoms with Crippen molar-refractivity contribution in [1.82, 2.24) is 10.2 Å². The van der Waals surface area contributed by atoms with Gasteiger partial charge in [0.25, 0.3) is 5.91 Å². The van der Waals surface area contributed by atoms with Crippen molar-refractivity contribution in [2.45, 2.75) is 6.04 Å². The average molecular weight is 326 g/mol.